The number of thioether (sulfide) groups is 1. The fourth-order valence-corrected chi connectivity index (χ4v) is 3.89. The van der Waals surface area contributed by atoms with Crippen LogP contribution < -0.4 is 5.32 Å². The number of anilines is 1. The summed E-state index contributed by atoms with van der Waals surface area (Å²) in [5.74, 6) is -0.173. The summed E-state index contributed by atoms with van der Waals surface area (Å²) in [7, 11) is 3.44. The van der Waals surface area contributed by atoms with E-state index in [9.17, 15) is 9.59 Å². The maximum absolute atomic E-state index is 12.9. The molecule has 8 nitrogen and oxygen atoms in total. The van der Waals surface area contributed by atoms with Crippen molar-refractivity contribution in [3.63, 3.8) is 0 Å². The molecule has 0 bridgehead atoms. The van der Waals surface area contributed by atoms with Crippen molar-refractivity contribution in [2.45, 2.75) is 20.3 Å². The molecule has 2 heterocycles. The first-order valence-corrected chi connectivity index (χ1v) is 11.0. The van der Waals surface area contributed by atoms with Gasteiger partial charge in [0.1, 0.15) is 5.70 Å². The Morgan fingerprint density at radius 3 is 2.84 bits per heavy atom. The fraction of sp³-hybridized carbons (Fsp3) is 0.364. The van der Waals surface area contributed by atoms with Gasteiger partial charge in [-0.25, -0.2) is 4.99 Å². The van der Waals surface area contributed by atoms with Gasteiger partial charge in [0.25, 0.3) is 5.91 Å². The van der Waals surface area contributed by atoms with Gasteiger partial charge in [-0.05, 0) is 43.5 Å². The second kappa shape index (κ2) is 10.4. The quantitative estimate of drug-likeness (QED) is 0.503. The number of nitrogens with zero attached hydrogens (tertiary/aromatic N) is 4. The number of ether oxygens (including phenoxy) is 1. The lowest BCUT2D eigenvalue weighted by Gasteiger charge is -2.17. The molecule has 0 unspecified atom stereocenters. The molecular formula is C22H27N5O3S. The third-order valence-electron chi connectivity index (χ3n) is 4.67. The molecule has 2 amide bonds. The second-order valence-corrected chi connectivity index (χ2v) is 8.27. The number of amides is 2. The lowest BCUT2D eigenvalue weighted by Crippen LogP contribution is -2.32. The molecule has 1 aromatic carbocycles. The molecule has 31 heavy (non-hydrogen) atoms. The maximum Gasteiger partial charge on any atom is 0.278 e. The van der Waals surface area contributed by atoms with E-state index in [0.717, 1.165) is 22.4 Å². The highest BCUT2D eigenvalue weighted by Gasteiger charge is 2.30. The standard InChI is InChI=1S/C22H27N5O3S/c1-15-6-7-16(2)18(10-15)24-20(28)14-31-22-25-19(11-17-12-23-26(3)13-17)21(29)27(22)8-5-9-30-4/h6-7,10-13H,5,8-9,14H2,1-4H3,(H,24,28)/b19-11-. The number of methoxy groups -OCH3 is 1. The number of aliphatic imine (C=N–C) groups is 1. The van der Waals surface area contributed by atoms with Crippen LogP contribution in [0.2, 0.25) is 0 Å². The van der Waals surface area contributed by atoms with Crippen LogP contribution >= 0.6 is 11.8 Å². The van der Waals surface area contributed by atoms with Crippen molar-refractivity contribution < 1.29 is 14.3 Å². The molecule has 1 aliphatic heterocycles. The highest BCUT2D eigenvalue weighted by Crippen LogP contribution is 2.25. The van der Waals surface area contributed by atoms with E-state index >= 15 is 0 Å². The van der Waals surface area contributed by atoms with Crippen LogP contribution in [0.15, 0.2) is 41.3 Å². The third kappa shape index (κ3) is 6.05. The number of hydrogen-bond acceptors (Lipinski definition) is 6. The van der Waals surface area contributed by atoms with Gasteiger partial charge in [0.2, 0.25) is 5.91 Å². The van der Waals surface area contributed by atoms with E-state index in [1.165, 1.54) is 11.8 Å². The number of rotatable bonds is 8. The predicted molar refractivity (Wildman–Crippen MR) is 124 cm³/mol. The SMILES string of the molecule is COCCCN1C(=O)/C(=C/c2cnn(C)c2)N=C1SCC(=O)Nc1cc(C)ccc1C. The number of hydrogen-bond donors (Lipinski definition) is 1. The average molecular weight is 442 g/mol. The first-order valence-electron chi connectivity index (χ1n) is 9.97. The molecule has 0 fully saturated rings. The molecule has 0 radical (unpaired) electrons. The minimum Gasteiger partial charge on any atom is -0.385 e. The summed E-state index contributed by atoms with van der Waals surface area (Å²) in [6.45, 7) is 4.95. The number of aryl methyl sites for hydroxylation is 3. The smallest absolute Gasteiger partial charge is 0.278 e. The number of carbonyl (C=O) groups excluding carboxylic acids is 2. The van der Waals surface area contributed by atoms with Gasteiger partial charge in [0, 0.05) is 44.8 Å². The van der Waals surface area contributed by atoms with Crippen LogP contribution in [0.1, 0.15) is 23.1 Å². The van der Waals surface area contributed by atoms with Crippen molar-refractivity contribution >= 4 is 40.5 Å². The Balaban J connectivity index is 1.71. The van der Waals surface area contributed by atoms with E-state index in [-0.39, 0.29) is 17.6 Å². The van der Waals surface area contributed by atoms with Crippen LogP contribution in [0.5, 0.6) is 0 Å². The van der Waals surface area contributed by atoms with Crippen molar-refractivity contribution in [2.24, 2.45) is 12.0 Å². The van der Waals surface area contributed by atoms with Crippen LogP contribution in [0, 0.1) is 13.8 Å². The van der Waals surface area contributed by atoms with Crippen molar-refractivity contribution in [3.8, 4) is 0 Å². The molecule has 2 aromatic rings. The monoisotopic (exact) mass is 441 g/mol. The maximum atomic E-state index is 12.9. The zero-order chi connectivity index (χ0) is 22.4. The van der Waals surface area contributed by atoms with Gasteiger partial charge >= 0.3 is 0 Å². The fourth-order valence-electron chi connectivity index (χ4n) is 3.06. The number of benzene rings is 1. The Kier molecular flexibility index (Phi) is 7.64. The summed E-state index contributed by atoms with van der Waals surface area (Å²) in [6, 6.07) is 5.93. The molecule has 9 heteroatoms. The van der Waals surface area contributed by atoms with E-state index < -0.39 is 0 Å². The van der Waals surface area contributed by atoms with Crippen LogP contribution in [-0.2, 0) is 21.4 Å². The first kappa shape index (κ1) is 22.8. The summed E-state index contributed by atoms with van der Waals surface area (Å²) in [5.41, 5.74) is 4.01. The normalized spacial score (nSPS) is 15.0. The summed E-state index contributed by atoms with van der Waals surface area (Å²) in [5, 5.41) is 7.58. The molecule has 1 aromatic heterocycles. The Hall–Kier alpha value is -2.91. The highest BCUT2D eigenvalue weighted by molar-refractivity contribution is 8.14. The van der Waals surface area contributed by atoms with Crippen LogP contribution in [0.3, 0.4) is 0 Å². The zero-order valence-electron chi connectivity index (χ0n) is 18.2. The Morgan fingerprint density at radius 1 is 1.32 bits per heavy atom. The second-order valence-electron chi connectivity index (χ2n) is 7.33. The number of aromatic nitrogens is 2. The van der Waals surface area contributed by atoms with E-state index in [0.29, 0.717) is 30.4 Å². The van der Waals surface area contributed by atoms with E-state index in [1.807, 2.05) is 45.3 Å². The van der Waals surface area contributed by atoms with Gasteiger partial charge in [0.05, 0.1) is 11.9 Å². The largest absolute Gasteiger partial charge is 0.385 e. The Bertz CT molecular complexity index is 1030. The van der Waals surface area contributed by atoms with E-state index in [4.69, 9.17) is 4.74 Å². The molecule has 0 saturated heterocycles. The van der Waals surface area contributed by atoms with E-state index in [2.05, 4.69) is 15.4 Å². The summed E-state index contributed by atoms with van der Waals surface area (Å²) >= 11 is 1.25. The lowest BCUT2D eigenvalue weighted by atomic mass is 10.1. The molecule has 0 atom stereocenters. The molecule has 164 valence electrons. The Labute approximate surface area is 186 Å². The lowest BCUT2D eigenvalue weighted by molar-refractivity contribution is -0.122. The van der Waals surface area contributed by atoms with Crippen LogP contribution in [0.4, 0.5) is 5.69 Å². The Morgan fingerprint density at radius 2 is 2.13 bits per heavy atom. The molecular weight excluding hydrogens is 414 g/mol. The molecule has 0 saturated carbocycles. The minimum absolute atomic E-state index is 0.143. The number of carbonyl (C=O) groups is 2. The van der Waals surface area contributed by atoms with Crippen molar-refractivity contribution in [1.82, 2.24) is 14.7 Å². The topological polar surface area (TPSA) is 88.8 Å². The van der Waals surface area contributed by atoms with Gasteiger partial charge in [-0.15, -0.1) is 0 Å². The third-order valence-corrected chi connectivity index (χ3v) is 5.65. The molecule has 3 rings (SSSR count). The van der Waals surface area contributed by atoms with Gasteiger partial charge < -0.3 is 10.1 Å². The van der Waals surface area contributed by atoms with Crippen LogP contribution in [-0.4, -0.2) is 57.7 Å². The molecule has 1 N–H and O–H groups in total. The minimum atomic E-state index is -0.183. The molecule has 0 aliphatic carbocycles. The predicted octanol–water partition coefficient (Wildman–Crippen LogP) is 2.98. The first-order chi connectivity index (χ1) is 14.9. The zero-order valence-corrected chi connectivity index (χ0v) is 19.0. The number of amidine groups is 1. The van der Waals surface area contributed by atoms with Crippen molar-refractivity contribution in [3.05, 3.63) is 53.0 Å². The van der Waals surface area contributed by atoms with Crippen molar-refractivity contribution in [1.29, 1.82) is 0 Å². The average Bonchev–Trinajstić information content (AvgIpc) is 3.27. The van der Waals surface area contributed by atoms with Gasteiger partial charge in [-0.2, -0.15) is 5.10 Å². The molecule has 0 spiro atoms. The van der Waals surface area contributed by atoms with Crippen LogP contribution in [0.25, 0.3) is 6.08 Å². The number of nitrogens with one attached hydrogen (secondary N) is 1. The molecule has 1 aliphatic rings. The summed E-state index contributed by atoms with van der Waals surface area (Å²) < 4.78 is 6.77. The highest BCUT2D eigenvalue weighted by atomic mass is 32.2. The van der Waals surface area contributed by atoms with Crippen molar-refractivity contribution in [2.75, 3.05) is 31.3 Å². The van der Waals surface area contributed by atoms with Gasteiger partial charge in [-0.1, -0.05) is 23.9 Å². The summed E-state index contributed by atoms with van der Waals surface area (Å²) in [6.07, 6.45) is 5.88. The van der Waals surface area contributed by atoms with Gasteiger partial charge in [0.15, 0.2) is 5.17 Å². The van der Waals surface area contributed by atoms with E-state index in [1.54, 1.807) is 29.0 Å². The summed E-state index contributed by atoms with van der Waals surface area (Å²) in [4.78, 5) is 31.5. The van der Waals surface area contributed by atoms with Gasteiger partial charge in [-0.3, -0.25) is 19.2 Å².